The summed E-state index contributed by atoms with van der Waals surface area (Å²) in [6.07, 6.45) is 0. The molecule has 0 aliphatic rings. The summed E-state index contributed by atoms with van der Waals surface area (Å²) in [6.45, 7) is 3.71. The smallest absolute Gasteiger partial charge is 0.267 e. The summed E-state index contributed by atoms with van der Waals surface area (Å²) >= 11 is 0. The number of carbonyl (C=O) groups is 1. The number of hydrogen-bond acceptors (Lipinski definition) is 5. The molecule has 1 amide bonds. The van der Waals surface area contributed by atoms with Crippen LogP contribution in [0.3, 0.4) is 0 Å². The van der Waals surface area contributed by atoms with Crippen LogP contribution < -0.4 is 20.3 Å². The summed E-state index contributed by atoms with van der Waals surface area (Å²) < 4.78 is 11.8. The topological polar surface area (TPSA) is 82.5 Å². The molecule has 0 unspecified atom stereocenters. The van der Waals surface area contributed by atoms with Crippen LogP contribution in [0.15, 0.2) is 53.3 Å². The fourth-order valence-corrected chi connectivity index (χ4v) is 3.00. The largest absolute Gasteiger partial charge is 0.497 e. The normalized spacial score (nSPS) is 10.5. The number of methoxy groups -OCH3 is 2. The zero-order valence-corrected chi connectivity index (χ0v) is 16.9. The maximum atomic E-state index is 12.5. The standard InChI is InChI=1S/C22H23N3O4/c1-14-5-8-18(15(2)11-14)23-21(26)13-25-22(27)10-9-19(24-25)17-7-6-16(28-3)12-20(17)29-4/h5-12H,13H2,1-4H3,(H,23,26). The molecule has 7 nitrogen and oxygen atoms in total. The van der Waals surface area contributed by atoms with Crippen molar-refractivity contribution in [1.82, 2.24) is 9.78 Å². The van der Waals surface area contributed by atoms with Crippen LogP contribution in [0.5, 0.6) is 11.5 Å². The molecule has 0 bridgehead atoms. The van der Waals surface area contributed by atoms with Crippen molar-refractivity contribution in [2.24, 2.45) is 0 Å². The first-order valence-electron chi connectivity index (χ1n) is 9.09. The highest BCUT2D eigenvalue weighted by Crippen LogP contribution is 2.31. The number of nitrogens with one attached hydrogen (secondary N) is 1. The van der Waals surface area contributed by atoms with E-state index in [9.17, 15) is 9.59 Å². The van der Waals surface area contributed by atoms with Gasteiger partial charge in [0, 0.05) is 23.4 Å². The molecule has 0 atom stereocenters. The average molecular weight is 393 g/mol. The second-order valence-electron chi connectivity index (χ2n) is 6.65. The van der Waals surface area contributed by atoms with E-state index in [0.29, 0.717) is 28.4 Å². The van der Waals surface area contributed by atoms with Crippen LogP contribution in [0.25, 0.3) is 11.3 Å². The van der Waals surface area contributed by atoms with Gasteiger partial charge in [-0.1, -0.05) is 17.7 Å². The van der Waals surface area contributed by atoms with Crippen molar-refractivity contribution in [2.45, 2.75) is 20.4 Å². The molecule has 29 heavy (non-hydrogen) atoms. The number of hydrogen-bond donors (Lipinski definition) is 1. The highest BCUT2D eigenvalue weighted by Gasteiger charge is 2.13. The number of benzene rings is 2. The molecule has 150 valence electrons. The summed E-state index contributed by atoms with van der Waals surface area (Å²) in [5.41, 5.74) is 3.62. The molecule has 0 saturated carbocycles. The molecule has 3 rings (SSSR count). The van der Waals surface area contributed by atoms with E-state index in [0.717, 1.165) is 15.8 Å². The number of aromatic nitrogens is 2. The maximum absolute atomic E-state index is 12.5. The summed E-state index contributed by atoms with van der Waals surface area (Å²) in [5, 5.41) is 7.18. The van der Waals surface area contributed by atoms with E-state index in [1.807, 2.05) is 32.0 Å². The Bertz CT molecular complexity index is 1110. The Kier molecular flexibility index (Phi) is 5.97. The lowest BCUT2D eigenvalue weighted by Crippen LogP contribution is -2.29. The van der Waals surface area contributed by atoms with Crippen LogP contribution in [-0.2, 0) is 11.3 Å². The lowest BCUT2D eigenvalue weighted by molar-refractivity contribution is -0.117. The Balaban J connectivity index is 1.86. The Morgan fingerprint density at radius 2 is 1.83 bits per heavy atom. The molecule has 0 saturated heterocycles. The lowest BCUT2D eigenvalue weighted by atomic mass is 10.1. The number of anilines is 1. The first-order valence-corrected chi connectivity index (χ1v) is 9.09. The summed E-state index contributed by atoms with van der Waals surface area (Å²) in [5.74, 6) is 0.874. The second kappa shape index (κ2) is 8.60. The van der Waals surface area contributed by atoms with Gasteiger partial charge in [-0.2, -0.15) is 5.10 Å². The molecule has 1 N–H and O–H groups in total. The Hall–Kier alpha value is -3.61. The van der Waals surface area contributed by atoms with Crippen LogP contribution in [0.1, 0.15) is 11.1 Å². The highest BCUT2D eigenvalue weighted by atomic mass is 16.5. The number of carbonyl (C=O) groups excluding carboxylic acids is 1. The number of rotatable bonds is 6. The Morgan fingerprint density at radius 1 is 1.03 bits per heavy atom. The fourth-order valence-electron chi connectivity index (χ4n) is 3.00. The van der Waals surface area contributed by atoms with Crippen LogP contribution in [0.2, 0.25) is 0 Å². The summed E-state index contributed by atoms with van der Waals surface area (Å²) in [4.78, 5) is 24.7. The first-order chi connectivity index (χ1) is 13.9. The summed E-state index contributed by atoms with van der Waals surface area (Å²) in [7, 11) is 3.12. The zero-order chi connectivity index (χ0) is 21.0. The van der Waals surface area contributed by atoms with E-state index in [4.69, 9.17) is 9.47 Å². The minimum Gasteiger partial charge on any atom is -0.497 e. The van der Waals surface area contributed by atoms with Gasteiger partial charge in [-0.3, -0.25) is 9.59 Å². The molecule has 0 aliphatic carbocycles. The van der Waals surface area contributed by atoms with Gasteiger partial charge in [0.05, 0.1) is 19.9 Å². The molecular weight excluding hydrogens is 370 g/mol. The van der Waals surface area contributed by atoms with Gasteiger partial charge in [-0.25, -0.2) is 4.68 Å². The van der Waals surface area contributed by atoms with Crippen LogP contribution in [0, 0.1) is 13.8 Å². The third-order valence-electron chi connectivity index (χ3n) is 4.50. The average Bonchev–Trinajstić information content (AvgIpc) is 2.71. The highest BCUT2D eigenvalue weighted by molar-refractivity contribution is 5.91. The van der Waals surface area contributed by atoms with Crippen molar-refractivity contribution in [1.29, 1.82) is 0 Å². The number of ether oxygens (including phenoxy) is 2. The van der Waals surface area contributed by atoms with Crippen molar-refractivity contribution < 1.29 is 14.3 Å². The van der Waals surface area contributed by atoms with Gasteiger partial charge in [0.1, 0.15) is 18.0 Å². The summed E-state index contributed by atoms with van der Waals surface area (Å²) in [6, 6.07) is 14.0. The third kappa shape index (κ3) is 4.63. The quantitative estimate of drug-likeness (QED) is 0.696. The minimum absolute atomic E-state index is 0.196. The van der Waals surface area contributed by atoms with E-state index in [1.165, 1.54) is 6.07 Å². The SMILES string of the molecule is COc1ccc(-c2ccc(=O)n(CC(=O)Nc3ccc(C)cc3C)n2)c(OC)c1. The van der Waals surface area contributed by atoms with Gasteiger partial charge >= 0.3 is 0 Å². The molecule has 0 aliphatic heterocycles. The third-order valence-corrected chi connectivity index (χ3v) is 4.50. The number of amides is 1. The predicted molar refractivity (Wildman–Crippen MR) is 112 cm³/mol. The molecule has 0 fully saturated rings. The van der Waals surface area contributed by atoms with E-state index >= 15 is 0 Å². The monoisotopic (exact) mass is 393 g/mol. The van der Waals surface area contributed by atoms with Crippen molar-refractivity contribution >= 4 is 11.6 Å². The van der Waals surface area contributed by atoms with E-state index in [1.54, 1.807) is 38.5 Å². The second-order valence-corrected chi connectivity index (χ2v) is 6.65. The van der Waals surface area contributed by atoms with Crippen LogP contribution >= 0.6 is 0 Å². The minimum atomic E-state index is -0.364. The van der Waals surface area contributed by atoms with Gasteiger partial charge in [-0.05, 0) is 43.7 Å². The van der Waals surface area contributed by atoms with Crippen molar-refractivity contribution in [3.63, 3.8) is 0 Å². The Morgan fingerprint density at radius 3 is 2.52 bits per heavy atom. The van der Waals surface area contributed by atoms with E-state index in [-0.39, 0.29) is 18.0 Å². The predicted octanol–water partition coefficient (Wildman–Crippen LogP) is 3.18. The molecule has 1 aromatic heterocycles. The van der Waals surface area contributed by atoms with Gasteiger partial charge < -0.3 is 14.8 Å². The van der Waals surface area contributed by atoms with E-state index < -0.39 is 0 Å². The van der Waals surface area contributed by atoms with Crippen molar-refractivity contribution in [2.75, 3.05) is 19.5 Å². The molecule has 2 aromatic carbocycles. The van der Waals surface area contributed by atoms with Gasteiger partial charge in [-0.15, -0.1) is 0 Å². The zero-order valence-electron chi connectivity index (χ0n) is 16.9. The maximum Gasteiger partial charge on any atom is 0.267 e. The lowest BCUT2D eigenvalue weighted by Gasteiger charge is -2.12. The molecule has 1 heterocycles. The van der Waals surface area contributed by atoms with Gasteiger partial charge in [0.15, 0.2) is 0 Å². The molecule has 0 radical (unpaired) electrons. The molecule has 3 aromatic rings. The molecule has 7 heteroatoms. The van der Waals surface area contributed by atoms with Crippen LogP contribution in [0.4, 0.5) is 5.69 Å². The van der Waals surface area contributed by atoms with Crippen LogP contribution in [-0.4, -0.2) is 29.9 Å². The van der Waals surface area contributed by atoms with Gasteiger partial charge in [0.25, 0.3) is 5.56 Å². The molecule has 0 spiro atoms. The van der Waals surface area contributed by atoms with E-state index in [2.05, 4.69) is 10.4 Å². The van der Waals surface area contributed by atoms with Gasteiger partial charge in [0.2, 0.25) is 5.91 Å². The Labute approximate surface area is 168 Å². The van der Waals surface area contributed by atoms with Crippen molar-refractivity contribution in [3.05, 3.63) is 70.0 Å². The van der Waals surface area contributed by atoms with Crippen molar-refractivity contribution in [3.8, 4) is 22.8 Å². The number of aryl methyl sites for hydroxylation is 2. The first kappa shape index (κ1) is 20.1. The number of nitrogens with zero attached hydrogens (tertiary/aromatic N) is 2. The fraction of sp³-hybridized carbons (Fsp3) is 0.227. The molecular formula is C22H23N3O4.